The van der Waals surface area contributed by atoms with Crippen LogP contribution in [-0.2, 0) is 9.53 Å². The van der Waals surface area contributed by atoms with Crippen LogP contribution in [-0.4, -0.2) is 30.3 Å². The second kappa shape index (κ2) is 5.98. The van der Waals surface area contributed by atoms with Gasteiger partial charge in [-0.2, -0.15) is 0 Å². The first-order valence-electron chi connectivity index (χ1n) is 6.26. The minimum Gasteiger partial charge on any atom is -0.469 e. The quantitative estimate of drug-likeness (QED) is 0.748. The van der Waals surface area contributed by atoms with Gasteiger partial charge in [-0.15, -0.1) is 0 Å². The van der Waals surface area contributed by atoms with Gasteiger partial charge in [0.2, 0.25) is 0 Å². The van der Waals surface area contributed by atoms with E-state index in [9.17, 15) is 9.90 Å². The maximum atomic E-state index is 11.4. The lowest BCUT2D eigenvalue weighted by molar-refractivity contribution is -0.142. The van der Waals surface area contributed by atoms with E-state index in [4.69, 9.17) is 0 Å². The Morgan fingerprint density at radius 2 is 2.11 bits per heavy atom. The van der Waals surface area contributed by atoms with Crippen LogP contribution in [0.5, 0.6) is 0 Å². The summed E-state index contributed by atoms with van der Waals surface area (Å²) >= 11 is 0. The van der Waals surface area contributed by atoms with Crippen molar-refractivity contribution in [1.29, 1.82) is 0 Å². The molecule has 0 radical (unpaired) electrons. The van der Waals surface area contributed by atoms with E-state index < -0.39 is 6.10 Å². The molecular formula is C14H19NO3. The van der Waals surface area contributed by atoms with Gasteiger partial charge < -0.3 is 15.2 Å². The third kappa shape index (κ3) is 3.55. The number of aliphatic hydroxyl groups is 1. The Morgan fingerprint density at radius 3 is 2.67 bits per heavy atom. The number of carbonyl (C=O) groups excluding carboxylic acids is 1. The first-order valence-corrected chi connectivity index (χ1v) is 6.26. The number of carbonyl (C=O) groups is 1. The Labute approximate surface area is 107 Å². The molecule has 1 saturated carbocycles. The highest BCUT2D eigenvalue weighted by Crippen LogP contribution is 2.25. The molecule has 2 atom stereocenters. The average molecular weight is 249 g/mol. The monoisotopic (exact) mass is 249 g/mol. The van der Waals surface area contributed by atoms with Gasteiger partial charge >= 0.3 is 5.97 Å². The minimum atomic E-state index is -0.689. The smallest absolute Gasteiger partial charge is 0.307 e. The molecular weight excluding hydrogens is 230 g/mol. The molecule has 1 aliphatic rings. The van der Waals surface area contributed by atoms with Gasteiger partial charge in [0.15, 0.2) is 0 Å². The number of nitrogens with one attached hydrogen (secondary N) is 1. The van der Waals surface area contributed by atoms with Gasteiger partial charge in [-0.1, -0.05) is 30.3 Å². The van der Waals surface area contributed by atoms with Crippen LogP contribution in [0, 0.1) is 0 Å². The molecule has 0 aromatic heterocycles. The van der Waals surface area contributed by atoms with Crippen molar-refractivity contribution in [2.45, 2.75) is 37.5 Å². The standard InChI is InChI=1S/C14H19NO3/c1-18-13(16)9-12(15-11-7-8-11)14(17)10-5-3-2-4-6-10/h2-6,11-12,14-15,17H,7-9H2,1H3. The van der Waals surface area contributed by atoms with Crippen molar-refractivity contribution in [3.05, 3.63) is 35.9 Å². The van der Waals surface area contributed by atoms with Gasteiger partial charge in [0.1, 0.15) is 0 Å². The molecule has 1 fully saturated rings. The number of rotatable bonds is 6. The molecule has 18 heavy (non-hydrogen) atoms. The van der Waals surface area contributed by atoms with Crippen LogP contribution in [0.1, 0.15) is 30.9 Å². The van der Waals surface area contributed by atoms with Crippen molar-refractivity contribution < 1.29 is 14.6 Å². The van der Waals surface area contributed by atoms with Crippen molar-refractivity contribution in [3.63, 3.8) is 0 Å². The molecule has 98 valence electrons. The molecule has 0 spiro atoms. The molecule has 0 aliphatic heterocycles. The summed E-state index contributed by atoms with van der Waals surface area (Å²) in [4.78, 5) is 11.4. The fourth-order valence-electron chi connectivity index (χ4n) is 1.96. The first-order chi connectivity index (χ1) is 8.70. The zero-order valence-electron chi connectivity index (χ0n) is 10.5. The highest BCUT2D eigenvalue weighted by Gasteiger charge is 2.30. The summed E-state index contributed by atoms with van der Waals surface area (Å²) in [5.74, 6) is -0.303. The van der Waals surface area contributed by atoms with Crippen LogP contribution in [0.4, 0.5) is 0 Å². The van der Waals surface area contributed by atoms with Crippen LogP contribution in [0.3, 0.4) is 0 Å². The predicted molar refractivity (Wildman–Crippen MR) is 68.0 cm³/mol. The van der Waals surface area contributed by atoms with Crippen LogP contribution in [0.2, 0.25) is 0 Å². The molecule has 1 aromatic carbocycles. The normalized spacial score (nSPS) is 18.1. The van der Waals surface area contributed by atoms with Crippen LogP contribution < -0.4 is 5.32 Å². The number of ether oxygens (including phenoxy) is 1. The topological polar surface area (TPSA) is 58.6 Å². The molecule has 0 saturated heterocycles. The van der Waals surface area contributed by atoms with E-state index in [-0.39, 0.29) is 18.4 Å². The Balaban J connectivity index is 2.04. The van der Waals surface area contributed by atoms with Gasteiger partial charge in [-0.05, 0) is 18.4 Å². The summed E-state index contributed by atoms with van der Waals surface area (Å²) in [6, 6.07) is 9.54. The number of methoxy groups -OCH3 is 1. The van der Waals surface area contributed by atoms with Gasteiger partial charge in [-0.3, -0.25) is 4.79 Å². The maximum absolute atomic E-state index is 11.4. The lowest BCUT2D eigenvalue weighted by Crippen LogP contribution is -2.38. The fourth-order valence-corrected chi connectivity index (χ4v) is 1.96. The Hall–Kier alpha value is -1.39. The van der Waals surface area contributed by atoms with E-state index in [0.717, 1.165) is 18.4 Å². The molecule has 0 amide bonds. The van der Waals surface area contributed by atoms with E-state index in [0.29, 0.717) is 6.04 Å². The zero-order valence-corrected chi connectivity index (χ0v) is 10.5. The Bertz CT molecular complexity index is 389. The van der Waals surface area contributed by atoms with E-state index in [2.05, 4.69) is 10.1 Å². The van der Waals surface area contributed by atoms with Gasteiger partial charge in [0.25, 0.3) is 0 Å². The summed E-state index contributed by atoms with van der Waals surface area (Å²) < 4.78 is 4.68. The molecule has 1 aliphatic carbocycles. The van der Waals surface area contributed by atoms with Crippen LogP contribution in [0.15, 0.2) is 30.3 Å². The lowest BCUT2D eigenvalue weighted by Gasteiger charge is -2.23. The number of esters is 1. The third-order valence-corrected chi connectivity index (χ3v) is 3.16. The van der Waals surface area contributed by atoms with E-state index >= 15 is 0 Å². The van der Waals surface area contributed by atoms with E-state index in [1.807, 2.05) is 30.3 Å². The molecule has 2 rings (SSSR count). The second-order valence-electron chi connectivity index (χ2n) is 4.68. The van der Waals surface area contributed by atoms with Crippen molar-refractivity contribution in [2.75, 3.05) is 7.11 Å². The van der Waals surface area contributed by atoms with Crippen molar-refractivity contribution in [3.8, 4) is 0 Å². The van der Waals surface area contributed by atoms with Crippen LogP contribution >= 0.6 is 0 Å². The van der Waals surface area contributed by atoms with Crippen LogP contribution in [0.25, 0.3) is 0 Å². The number of hydrogen-bond donors (Lipinski definition) is 2. The van der Waals surface area contributed by atoms with Crippen molar-refractivity contribution in [2.24, 2.45) is 0 Å². The van der Waals surface area contributed by atoms with E-state index in [1.54, 1.807) is 0 Å². The average Bonchev–Trinajstić information content (AvgIpc) is 3.22. The van der Waals surface area contributed by atoms with Crippen molar-refractivity contribution >= 4 is 5.97 Å². The number of aliphatic hydroxyl groups excluding tert-OH is 1. The molecule has 1 aromatic rings. The van der Waals surface area contributed by atoms with E-state index in [1.165, 1.54) is 7.11 Å². The largest absolute Gasteiger partial charge is 0.469 e. The van der Waals surface area contributed by atoms with Gasteiger partial charge in [0.05, 0.1) is 19.6 Å². The summed E-state index contributed by atoms with van der Waals surface area (Å²) in [6.45, 7) is 0. The SMILES string of the molecule is COC(=O)CC(NC1CC1)C(O)c1ccccc1. The summed E-state index contributed by atoms with van der Waals surface area (Å²) in [5.41, 5.74) is 0.819. The maximum Gasteiger partial charge on any atom is 0.307 e. The first kappa shape index (κ1) is 13.1. The molecule has 0 bridgehead atoms. The lowest BCUT2D eigenvalue weighted by atomic mass is 9.99. The van der Waals surface area contributed by atoms with Gasteiger partial charge in [-0.25, -0.2) is 0 Å². The molecule has 2 N–H and O–H groups in total. The van der Waals surface area contributed by atoms with Crippen molar-refractivity contribution in [1.82, 2.24) is 5.32 Å². The highest BCUT2D eigenvalue weighted by molar-refractivity contribution is 5.70. The summed E-state index contributed by atoms with van der Waals surface area (Å²) in [6.07, 6.45) is 1.72. The Kier molecular flexibility index (Phi) is 4.33. The minimum absolute atomic E-state index is 0.184. The number of benzene rings is 1. The predicted octanol–water partition coefficient (Wildman–Crippen LogP) is 1.40. The third-order valence-electron chi connectivity index (χ3n) is 3.16. The van der Waals surface area contributed by atoms with Gasteiger partial charge in [0, 0.05) is 12.1 Å². The summed E-state index contributed by atoms with van der Waals surface area (Å²) in [5, 5.41) is 13.6. The fraction of sp³-hybridized carbons (Fsp3) is 0.500. The molecule has 0 heterocycles. The molecule has 2 unspecified atom stereocenters. The Morgan fingerprint density at radius 1 is 1.44 bits per heavy atom. The summed E-state index contributed by atoms with van der Waals surface area (Å²) in [7, 11) is 1.37. The molecule has 4 heteroatoms. The highest BCUT2D eigenvalue weighted by atomic mass is 16.5. The zero-order chi connectivity index (χ0) is 13.0. The molecule has 4 nitrogen and oxygen atoms in total. The number of hydrogen-bond acceptors (Lipinski definition) is 4. The second-order valence-corrected chi connectivity index (χ2v) is 4.68.